The fourth-order valence-corrected chi connectivity index (χ4v) is 3.88. The van der Waals surface area contributed by atoms with Gasteiger partial charge in [0.15, 0.2) is 0 Å². The molecule has 1 aromatic carbocycles. The number of benzene rings is 1. The van der Waals surface area contributed by atoms with Gasteiger partial charge in [0, 0.05) is 32.4 Å². The normalized spacial score (nSPS) is 19.0. The molecular weight excluding hydrogens is 262 g/mol. The van der Waals surface area contributed by atoms with Crippen LogP contribution in [0.25, 0.3) is 0 Å². The molecule has 0 saturated carbocycles. The lowest BCUT2D eigenvalue weighted by atomic mass is 10.1. The van der Waals surface area contributed by atoms with Gasteiger partial charge in [0.2, 0.25) is 0 Å². The molecule has 0 spiro atoms. The number of nitrogens with zero attached hydrogens (tertiary/aromatic N) is 2. The first kappa shape index (κ1) is 12.7. The van der Waals surface area contributed by atoms with Crippen LogP contribution >= 0.6 is 0 Å². The van der Waals surface area contributed by atoms with Crippen LogP contribution in [0.4, 0.5) is 11.4 Å². The van der Waals surface area contributed by atoms with E-state index in [1.54, 1.807) is 0 Å². The predicted molar refractivity (Wildman–Crippen MR) is 76.9 cm³/mol. The molecule has 0 aromatic heterocycles. The Morgan fingerprint density at radius 1 is 1.16 bits per heavy atom. The quantitative estimate of drug-likeness (QED) is 0.903. The Morgan fingerprint density at radius 3 is 2.58 bits per heavy atom. The second kappa shape index (κ2) is 4.68. The molecule has 0 aliphatic carbocycles. The van der Waals surface area contributed by atoms with E-state index >= 15 is 0 Å². The molecule has 1 saturated heterocycles. The summed E-state index contributed by atoms with van der Waals surface area (Å²) in [6, 6.07) is 6.12. The van der Waals surface area contributed by atoms with Crippen molar-refractivity contribution in [1.82, 2.24) is 4.72 Å². The number of rotatable bonds is 3. The molecule has 0 atom stereocenters. The molecule has 104 valence electrons. The predicted octanol–water partition coefficient (Wildman–Crippen LogP) is 1.11. The summed E-state index contributed by atoms with van der Waals surface area (Å²) in [6.07, 6.45) is 3.28. The minimum absolute atomic E-state index is 0.530. The Bertz CT molecular complexity index is 580. The molecule has 1 aromatic rings. The summed E-state index contributed by atoms with van der Waals surface area (Å²) < 4.78 is 27.7. The molecule has 0 radical (unpaired) electrons. The van der Waals surface area contributed by atoms with Gasteiger partial charge in [0.25, 0.3) is 0 Å². The molecular formula is C13H19N3O2S. The Kier molecular flexibility index (Phi) is 3.14. The minimum Gasteiger partial charge on any atom is -0.372 e. The van der Waals surface area contributed by atoms with Gasteiger partial charge in [0.1, 0.15) is 0 Å². The third-order valence-electron chi connectivity index (χ3n) is 3.94. The van der Waals surface area contributed by atoms with Crippen molar-refractivity contribution in [3.63, 3.8) is 0 Å². The van der Waals surface area contributed by atoms with Crippen molar-refractivity contribution in [1.29, 1.82) is 0 Å². The van der Waals surface area contributed by atoms with Crippen molar-refractivity contribution >= 4 is 21.6 Å². The molecule has 2 heterocycles. The largest absolute Gasteiger partial charge is 0.372 e. The summed E-state index contributed by atoms with van der Waals surface area (Å²) in [5.41, 5.74) is 3.17. The monoisotopic (exact) mass is 281 g/mol. The van der Waals surface area contributed by atoms with E-state index in [0.717, 1.165) is 30.8 Å². The van der Waals surface area contributed by atoms with Crippen molar-refractivity contribution in [3.8, 4) is 0 Å². The van der Waals surface area contributed by atoms with Crippen LogP contribution in [-0.4, -0.2) is 35.1 Å². The van der Waals surface area contributed by atoms with Crippen LogP contribution < -0.4 is 13.9 Å². The molecule has 0 unspecified atom stereocenters. The van der Waals surface area contributed by atoms with Gasteiger partial charge >= 0.3 is 10.2 Å². The number of nitrogens with one attached hydrogen (secondary N) is 1. The number of hydrogen-bond donors (Lipinski definition) is 1. The van der Waals surface area contributed by atoms with Crippen LogP contribution in [0.5, 0.6) is 0 Å². The van der Waals surface area contributed by atoms with Crippen LogP contribution in [-0.2, 0) is 16.6 Å². The van der Waals surface area contributed by atoms with E-state index in [2.05, 4.69) is 15.7 Å². The lowest BCUT2D eigenvalue weighted by Gasteiger charge is -2.21. The highest BCUT2D eigenvalue weighted by Crippen LogP contribution is 2.33. The number of anilines is 2. The second-order valence-corrected chi connectivity index (χ2v) is 6.84. The van der Waals surface area contributed by atoms with E-state index in [-0.39, 0.29) is 0 Å². The summed E-state index contributed by atoms with van der Waals surface area (Å²) >= 11 is 0. The zero-order valence-corrected chi connectivity index (χ0v) is 11.9. The molecule has 19 heavy (non-hydrogen) atoms. The molecule has 0 bridgehead atoms. The molecule has 6 heteroatoms. The second-order valence-electron chi connectivity index (χ2n) is 5.04. The third kappa shape index (κ3) is 2.19. The highest BCUT2D eigenvalue weighted by molar-refractivity contribution is 7.90. The fraction of sp³-hybridized carbons (Fsp3) is 0.538. The van der Waals surface area contributed by atoms with Gasteiger partial charge in [-0.25, -0.2) is 4.72 Å². The zero-order valence-electron chi connectivity index (χ0n) is 11.1. The molecule has 3 rings (SSSR count). The topological polar surface area (TPSA) is 52.7 Å². The zero-order chi connectivity index (χ0) is 13.5. The molecule has 5 nitrogen and oxygen atoms in total. The van der Waals surface area contributed by atoms with Gasteiger partial charge < -0.3 is 4.90 Å². The summed E-state index contributed by atoms with van der Waals surface area (Å²) in [4.78, 5) is 2.37. The molecule has 0 amide bonds. The lowest BCUT2D eigenvalue weighted by Crippen LogP contribution is -2.37. The first-order valence-corrected chi connectivity index (χ1v) is 8.15. The first-order valence-electron chi connectivity index (χ1n) is 6.71. The molecule has 2 aliphatic rings. The van der Waals surface area contributed by atoms with E-state index in [1.807, 2.05) is 12.1 Å². The van der Waals surface area contributed by atoms with Crippen LogP contribution in [0.1, 0.15) is 18.4 Å². The Balaban J connectivity index is 1.92. The Morgan fingerprint density at radius 2 is 1.89 bits per heavy atom. The van der Waals surface area contributed by atoms with Crippen molar-refractivity contribution < 1.29 is 8.42 Å². The highest BCUT2D eigenvalue weighted by Gasteiger charge is 2.28. The average Bonchev–Trinajstić information content (AvgIpc) is 3.07. The van der Waals surface area contributed by atoms with Gasteiger partial charge in [-0.15, -0.1) is 0 Å². The van der Waals surface area contributed by atoms with Crippen molar-refractivity contribution in [2.45, 2.75) is 19.3 Å². The van der Waals surface area contributed by atoms with Gasteiger partial charge in [0.05, 0.1) is 5.69 Å². The molecule has 1 fully saturated rings. The van der Waals surface area contributed by atoms with E-state index < -0.39 is 10.2 Å². The molecule has 2 aliphatic heterocycles. The van der Waals surface area contributed by atoms with Gasteiger partial charge in [-0.3, -0.25) is 4.31 Å². The smallest absolute Gasteiger partial charge is 0.301 e. The number of hydrogen-bond acceptors (Lipinski definition) is 3. The van der Waals surface area contributed by atoms with Crippen molar-refractivity contribution in [3.05, 3.63) is 23.8 Å². The number of fused-ring (bicyclic) bond motifs is 1. The summed E-state index contributed by atoms with van der Waals surface area (Å²) in [5.74, 6) is 0. The highest BCUT2D eigenvalue weighted by atomic mass is 32.2. The SMILES string of the molecule is CNS(=O)(=O)N1CCc2cc(N3CCCC3)ccc21. The van der Waals surface area contributed by atoms with Crippen molar-refractivity contribution in [2.75, 3.05) is 35.9 Å². The van der Waals surface area contributed by atoms with E-state index in [9.17, 15) is 8.42 Å². The maximum Gasteiger partial charge on any atom is 0.301 e. The van der Waals surface area contributed by atoms with E-state index in [4.69, 9.17) is 0 Å². The fourth-order valence-electron chi connectivity index (χ4n) is 2.89. The standard InChI is InChI=1S/C13H19N3O2S/c1-14-19(17,18)16-9-6-11-10-12(4-5-13(11)16)15-7-2-3-8-15/h4-5,10,14H,2-3,6-9H2,1H3. The summed E-state index contributed by atoms with van der Waals surface area (Å²) in [7, 11) is -1.92. The Hall–Kier alpha value is -1.27. The minimum atomic E-state index is -3.37. The lowest BCUT2D eigenvalue weighted by molar-refractivity contribution is 0.584. The maximum absolute atomic E-state index is 11.9. The first-order chi connectivity index (χ1) is 9.12. The summed E-state index contributed by atoms with van der Waals surface area (Å²) in [5, 5.41) is 0. The maximum atomic E-state index is 11.9. The van der Waals surface area contributed by atoms with Gasteiger partial charge in [-0.05, 0) is 43.0 Å². The van der Waals surface area contributed by atoms with Crippen LogP contribution in [0.2, 0.25) is 0 Å². The van der Waals surface area contributed by atoms with E-state index in [0.29, 0.717) is 6.54 Å². The van der Waals surface area contributed by atoms with Crippen molar-refractivity contribution in [2.24, 2.45) is 0 Å². The summed E-state index contributed by atoms with van der Waals surface area (Å²) in [6.45, 7) is 2.75. The van der Waals surface area contributed by atoms with E-state index in [1.165, 1.54) is 29.9 Å². The Labute approximate surface area is 114 Å². The van der Waals surface area contributed by atoms with Crippen LogP contribution in [0.3, 0.4) is 0 Å². The van der Waals surface area contributed by atoms with Gasteiger partial charge in [-0.2, -0.15) is 8.42 Å². The van der Waals surface area contributed by atoms with Crippen LogP contribution in [0.15, 0.2) is 18.2 Å². The van der Waals surface area contributed by atoms with Gasteiger partial charge in [-0.1, -0.05) is 0 Å². The van der Waals surface area contributed by atoms with Crippen LogP contribution in [0, 0.1) is 0 Å². The average molecular weight is 281 g/mol. The molecule has 1 N–H and O–H groups in total. The third-order valence-corrected chi connectivity index (χ3v) is 5.41.